The average Bonchev–Trinajstić information content (AvgIpc) is 2.83. The molecule has 5 nitrogen and oxygen atoms in total. The molecule has 5 heteroatoms. The van der Waals surface area contributed by atoms with Crippen LogP contribution in [0.5, 0.6) is 0 Å². The molecule has 0 aliphatic rings. The van der Waals surface area contributed by atoms with Crippen molar-refractivity contribution in [3.63, 3.8) is 0 Å². The standard InChI is InChI=1S/C12H19N5/c1-9(2)17-11(5-6-14-17)8-13-12-7-10(3)16(4)15-12/h5-7,9H,8H2,1-4H3,(H,13,15). The van der Waals surface area contributed by atoms with Crippen LogP contribution < -0.4 is 5.32 Å². The molecule has 0 atom stereocenters. The maximum Gasteiger partial charge on any atom is 0.148 e. The second-order valence-corrected chi connectivity index (χ2v) is 4.51. The summed E-state index contributed by atoms with van der Waals surface area (Å²) in [6.07, 6.45) is 1.83. The van der Waals surface area contributed by atoms with Crippen LogP contribution in [0.3, 0.4) is 0 Å². The SMILES string of the molecule is Cc1cc(NCc2ccnn2C(C)C)nn1C. The summed E-state index contributed by atoms with van der Waals surface area (Å²) in [6.45, 7) is 7.04. The topological polar surface area (TPSA) is 47.7 Å². The molecule has 0 spiro atoms. The fourth-order valence-corrected chi connectivity index (χ4v) is 1.77. The monoisotopic (exact) mass is 233 g/mol. The predicted molar refractivity (Wildman–Crippen MR) is 67.9 cm³/mol. The first-order chi connectivity index (χ1) is 8.08. The Balaban J connectivity index is 2.04. The smallest absolute Gasteiger partial charge is 0.148 e. The van der Waals surface area contributed by atoms with Gasteiger partial charge in [-0.25, -0.2) is 0 Å². The first-order valence-corrected chi connectivity index (χ1v) is 5.85. The lowest BCUT2D eigenvalue weighted by Crippen LogP contribution is -2.11. The van der Waals surface area contributed by atoms with Crippen molar-refractivity contribution in [2.45, 2.75) is 33.4 Å². The number of aryl methyl sites for hydroxylation is 2. The quantitative estimate of drug-likeness (QED) is 0.880. The van der Waals surface area contributed by atoms with Crippen LogP contribution in [0, 0.1) is 6.92 Å². The van der Waals surface area contributed by atoms with E-state index in [1.807, 2.05) is 41.7 Å². The molecule has 17 heavy (non-hydrogen) atoms. The minimum absolute atomic E-state index is 0.382. The van der Waals surface area contributed by atoms with Crippen molar-refractivity contribution in [1.82, 2.24) is 19.6 Å². The molecule has 0 saturated carbocycles. The second-order valence-electron chi connectivity index (χ2n) is 4.51. The maximum atomic E-state index is 4.36. The lowest BCUT2D eigenvalue weighted by atomic mass is 10.3. The van der Waals surface area contributed by atoms with Crippen LogP contribution in [0.2, 0.25) is 0 Å². The molecule has 1 N–H and O–H groups in total. The van der Waals surface area contributed by atoms with Crippen molar-refractivity contribution < 1.29 is 0 Å². The summed E-state index contributed by atoms with van der Waals surface area (Å²) in [6, 6.07) is 4.45. The van der Waals surface area contributed by atoms with Gasteiger partial charge in [0.2, 0.25) is 0 Å². The Kier molecular flexibility index (Phi) is 3.17. The van der Waals surface area contributed by atoms with Crippen molar-refractivity contribution >= 4 is 5.82 Å². The van der Waals surface area contributed by atoms with Crippen LogP contribution in [0.1, 0.15) is 31.3 Å². The fourth-order valence-electron chi connectivity index (χ4n) is 1.77. The molecule has 2 aromatic heterocycles. The minimum atomic E-state index is 0.382. The highest BCUT2D eigenvalue weighted by Crippen LogP contribution is 2.11. The van der Waals surface area contributed by atoms with E-state index in [0.29, 0.717) is 6.04 Å². The van der Waals surface area contributed by atoms with Crippen LogP contribution in [-0.4, -0.2) is 19.6 Å². The highest BCUT2D eigenvalue weighted by atomic mass is 15.3. The van der Waals surface area contributed by atoms with E-state index in [1.165, 1.54) is 5.69 Å². The summed E-state index contributed by atoms with van der Waals surface area (Å²) in [5, 5.41) is 12.0. The van der Waals surface area contributed by atoms with E-state index in [-0.39, 0.29) is 0 Å². The van der Waals surface area contributed by atoms with Gasteiger partial charge in [0.1, 0.15) is 5.82 Å². The molecule has 0 aromatic carbocycles. The van der Waals surface area contributed by atoms with Gasteiger partial charge in [-0.05, 0) is 26.8 Å². The van der Waals surface area contributed by atoms with Gasteiger partial charge in [0.15, 0.2) is 0 Å². The largest absolute Gasteiger partial charge is 0.363 e. The molecular weight excluding hydrogens is 214 g/mol. The Labute approximate surface area is 101 Å². The van der Waals surface area contributed by atoms with Crippen molar-refractivity contribution in [3.8, 4) is 0 Å². The van der Waals surface area contributed by atoms with Gasteiger partial charge < -0.3 is 5.32 Å². The van der Waals surface area contributed by atoms with E-state index in [2.05, 4.69) is 29.4 Å². The molecular formula is C12H19N5. The Hall–Kier alpha value is -1.78. The van der Waals surface area contributed by atoms with Crippen LogP contribution in [0.15, 0.2) is 18.3 Å². The van der Waals surface area contributed by atoms with Gasteiger partial charge in [0.25, 0.3) is 0 Å². The summed E-state index contributed by atoms with van der Waals surface area (Å²) in [4.78, 5) is 0. The molecule has 2 heterocycles. The number of rotatable bonds is 4. The third kappa shape index (κ3) is 2.49. The Bertz CT molecular complexity index is 475. The van der Waals surface area contributed by atoms with Crippen molar-refractivity contribution in [2.75, 3.05) is 5.32 Å². The van der Waals surface area contributed by atoms with Gasteiger partial charge in [-0.3, -0.25) is 9.36 Å². The van der Waals surface area contributed by atoms with Gasteiger partial charge in [-0.15, -0.1) is 0 Å². The number of anilines is 1. The Morgan fingerprint density at radius 3 is 2.76 bits per heavy atom. The molecule has 0 bridgehead atoms. The second kappa shape index (κ2) is 4.61. The number of nitrogens with one attached hydrogen (secondary N) is 1. The Morgan fingerprint density at radius 2 is 2.18 bits per heavy atom. The fraction of sp³-hybridized carbons (Fsp3) is 0.500. The number of nitrogens with zero attached hydrogens (tertiary/aromatic N) is 4. The molecule has 2 aromatic rings. The first kappa shape index (κ1) is 11.7. The van der Waals surface area contributed by atoms with E-state index < -0.39 is 0 Å². The lowest BCUT2D eigenvalue weighted by molar-refractivity contribution is 0.512. The van der Waals surface area contributed by atoms with Crippen molar-refractivity contribution in [3.05, 3.63) is 29.7 Å². The van der Waals surface area contributed by atoms with Crippen LogP contribution >= 0.6 is 0 Å². The highest BCUT2D eigenvalue weighted by molar-refractivity contribution is 5.35. The molecule has 0 aliphatic heterocycles. The van der Waals surface area contributed by atoms with Gasteiger partial charge >= 0.3 is 0 Å². The van der Waals surface area contributed by atoms with Gasteiger partial charge in [-0.1, -0.05) is 0 Å². The van der Waals surface area contributed by atoms with E-state index in [1.54, 1.807) is 0 Å². The number of hydrogen-bond donors (Lipinski definition) is 1. The van der Waals surface area contributed by atoms with Crippen molar-refractivity contribution in [1.29, 1.82) is 0 Å². The summed E-state index contributed by atoms with van der Waals surface area (Å²) >= 11 is 0. The van der Waals surface area contributed by atoms with E-state index in [0.717, 1.165) is 18.1 Å². The zero-order valence-corrected chi connectivity index (χ0v) is 10.8. The maximum absolute atomic E-state index is 4.36. The summed E-state index contributed by atoms with van der Waals surface area (Å²) in [5.74, 6) is 0.904. The lowest BCUT2D eigenvalue weighted by Gasteiger charge is -2.11. The minimum Gasteiger partial charge on any atom is -0.363 e. The van der Waals surface area contributed by atoms with Gasteiger partial charge in [-0.2, -0.15) is 10.2 Å². The zero-order chi connectivity index (χ0) is 12.4. The Morgan fingerprint density at radius 1 is 1.41 bits per heavy atom. The zero-order valence-electron chi connectivity index (χ0n) is 10.8. The third-order valence-corrected chi connectivity index (χ3v) is 2.81. The van der Waals surface area contributed by atoms with Gasteiger partial charge in [0.05, 0.1) is 12.2 Å². The number of hydrogen-bond acceptors (Lipinski definition) is 3. The third-order valence-electron chi connectivity index (χ3n) is 2.81. The molecule has 0 radical (unpaired) electrons. The molecule has 0 saturated heterocycles. The van der Waals surface area contributed by atoms with E-state index in [4.69, 9.17) is 0 Å². The first-order valence-electron chi connectivity index (χ1n) is 5.85. The van der Waals surface area contributed by atoms with Gasteiger partial charge in [0, 0.05) is 31.0 Å². The molecule has 92 valence electrons. The average molecular weight is 233 g/mol. The highest BCUT2D eigenvalue weighted by Gasteiger charge is 2.06. The molecule has 2 rings (SSSR count). The van der Waals surface area contributed by atoms with Crippen LogP contribution in [-0.2, 0) is 13.6 Å². The summed E-state index contributed by atoms with van der Waals surface area (Å²) in [7, 11) is 1.94. The van der Waals surface area contributed by atoms with Crippen LogP contribution in [0.25, 0.3) is 0 Å². The molecule has 0 aliphatic carbocycles. The predicted octanol–water partition coefficient (Wildman–Crippen LogP) is 2.12. The molecule has 0 amide bonds. The summed E-state index contributed by atoms with van der Waals surface area (Å²) < 4.78 is 3.88. The molecule has 0 unspecified atom stereocenters. The summed E-state index contributed by atoms with van der Waals surface area (Å²) in [5.41, 5.74) is 2.31. The molecule has 0 fully saturated rings. The van der Waals surface area contributed by atoms with E-state index >= 15 is 0 Å². The van der Waals surface area contributed by atoms with Crippen LogP contribution in [0.4, 0.5) is 5.82 Å². The number of aromatic nitrogens is 4. The van der Waals surface area contributed by atoms with Crippen molar-refractivity contribution in [2.24, 2.45) is 7.05 Å². The van der Waals surface area contributed by atoms with E-state index in [9.17, 15) is 0 Å². The normalized spacial score (nSPS) is 11.1.